The fourth-order valence-corrected chi connectivity index (χ4v) is 2.50. The molecule has 2 N–H and O–H groups in total. The number of carbonyl (C=O) groups excluding carboxylic acids is 2. The summed E-state index contributed by atoms with van der Waals surface area (Å²) < 4.78 is 14.6. The van der Waals surface area contributed by atoms with Gasteiger partial charge in [0.05, 0.1) is 12.1 Å². The van der Waals surface area contributed by atoms with Gasteiger partial charge in [0.2, 0.25) is 0 Å². The third kappa shape index (κ3) is 3.93. The molecule has 6 nitrogen and oxygen atoms in total. The molecule has 25 heavy (non-hydrogen) atoms. The van der Waals surface area contributed by atoms with E-state index >= 15 is 0 Å². The number of hydrogen-bond donors (Lipinski definition) is 2. The molecular weight excluding hydrogens is 325 g/mol. The average molecular weight is 343 g/mol. The first-order valence-corrected chi connectivity index (χ1v) is 8.00. The molecule has 0 bridgehead atoms. The predicted molar refractivity (Wildman–Crippen MR) is 90.1 cm³/mol. The van der Waals surface area contributed by atoms with E-state index in [2.05, 4.69) is 10.6 Å². The molecular formula is C18H18FN3O3. The number of nitrogens with zero attached hydrogens (tertiary/aromatic N) is 1. The van der Waals surface area contributed by atoms with Gasteiger partial charge >= 0.3 is 0 Å². The number of nitrogens with one attached hydrogen (secondary N) is 2. The fraction of sp³-hybridized carbons (Fsp3) is 0.278. The van der Waals surface area contributed by atoms with Crippen molar-refractivity contribution in [2.24, 2.45) is 0 Å². The molecule has 0 spiro atoms. The molecule has 0 saturated heterocycles. The Bertz CT molecular complexity index is 887. The lowest BCUT2D eigenvalue weighted by atomic mass is 10.1. The van der Waals surface area contributed by atoms with Gasteiger partial charge in [0.15, 0.2) is 0 Å². The number of amides is 2. The molecule has 130 valence electrons. The molecule has 3 rings (SSSR count). The van der Waals surface area contributed by atoms with E-state index in [9.17, 15) is 18.8 Å². The number of carbonyl (C=O) groups is 2. The summed E-state index contributed by atoms with van der Waals surface area (Å²) in [5.74, 6) is -1.32. The van der Waals surface area contributed by atoms with Gasteiger partial charge in [-0.15, -0.1) is 0 Å². The van der Waals surface area contributed by atoms with Crippen LogP contribution in [0.25, 0.3) is 0 Å². The SMILES string of the molecule is CNC(=O)c1cc(C(=O)NC2CC2)cn(Cc2cccc(F)c2)c1=O. The quantitative estimate of drug-likeness (QED) is 0.858. The van der Waals surface area contributed by atoms with Crippen LogP contribution in [0, 0.1) is 5.82 Å². The van der Waals surface area contributed by atoms with Gasteiger partial charge in [-0.25, -0.2) is 4.39 Å². The van der Waals surface area contributed by atoms with Crippen LogP contribution in [0.2, 0.25) is 0 Å². The summed E-state index contributed by atoms with van der Waals surface area (Å²) >= 11 is 0. The van der Waals surface area contributed by atoms with Crippen molar-refractivity contribution in [2.75, 3.05) is 7.05 Å². The van der Waals surface area contributed by atoms with Gasteiger partial charge in [0.1, 0.15) is 11.4 Å². The Morgan fingerprint density at radius 3 is 2.64 bits per heavy atom. The minimum absolute atomic E-state index is 0.0607. The molecule has 0 atom stereocenters. The Morgan fingerprint density at radius 2 is 2.00 bits per heavy atom. The van der Waals surface area contributed by atoms with Crippen molar-refractivity contribution in [3.63, 3.8) is 0 Å². The monoisotopic (exact) mass is 343 g/mol. The molecule has 2 aromatic rings. The van der Waals surface area contributed by atoms with Crippen LogP contribution in [0.15, 0.2) is 41.3 Å². The zero-order valence-electron chi connectivity index (χ0n) is 13.7. The van der Waals surface area contributed by atoms with Crippen molar-refractivity contribution >= 4 is 11.8 Å². The van der Waals surface area contributed by atoms with E-state index in [4.69, 9.17) is 0 Å². The highest BCUT2D eigenvalue weighted by atomic mass is 19.1. The third-order valence-corrected chi connectivity index (χ3v) is 3.97. The Kier molecular flexibility index (Phi) is 4.65. The van der Waals surface area contributed by atoms with E-state index in [1.165, 1.54) is 36.0 Å². The molecule has 1 aliphatic carbocycles. The second-order valence-electron chi connectivity index (χ2n) is 6.03. The molecule has 1 aliphatic rings. The molecule has 2 amide bonds. The standard InChI is InChI=1S/C18H18FN3O3/c1-20-17(24)15-8-12(16(23)21-14-5-6-14)10-22(18(15)25)9-11-3-2-4-13(19)7-11/h2-4,7-8,10,14H,5-6,9H2,1H3,(H,20,24)(H,21,23). The van der Waals surface area contributed by atoms with E-state index in [1.54, 1.807) is 12.1 Å². The highest BCUT2D eigenvalue weighted by Gasteiger charge is 2.25. The molecule has 1 saturated carbocycles. The van der Waals surface area contributed by atoms with E-state index < -0.39 is 17.3 Å². The highest BCUT2D eigenvalue weighted by molar-refractivity contribution is 5.99. The Labute approximate surface area is 143 Å². The van der Waals surface area contributed by atoms with E-state index in [0.29, 0.717) is 5.56 Å². The largest absolute Gasteiger partial charge is 0.355 e. The van der Waals surface area contributed by atoms with Gasteiger partial charge < -0.3 is 15.2 Å². The van der Waals surface area contributed by atoms with Crippen molar-refractivity contribution in [2.45, 2.75) is 25.4 Å². The van der Waals surface area contributed by atoms with Gasteiger partial charge in [0.25, 0.3) is 17.4 Å². The maximum absolute atomic E-state index is 13.4. The molecule has 1 fully saturated rings. The second-order valence-corrected chi connectivity index (χ2v) is 6.03. The summed E-state index contributed by atoms with van der Waals surface area (Å²) in [5.41, 5.74) is 0.125. The highest BCUT2D eigenvalue weighted by Crippen LogP contribution is 2.19. The van der Waals surface area contributed by atoms with Crippen LogP contribution in [-0.4, -0.2) is 29.5 Å². The number of benzene rings is 1. The van der Waals surface area contributed by atoms with Gasteiger partial charge in [-0.2, -0.15) is 0 Å². The predicted octanol–water partition coefficient (Wildman–Crippen LogP) is 1.29. The normalized spacial score (nSPS) is 13.4. The van der Waals surface area contributed by atoms with Crippen LogP contribution in [0.4, 0.5) is 4.39 Å². The summed E-state index contributed by atoms with van der Waals surface area (Å²) in [5, 5.41) is 5.23. The zero-order chi connectivity index (χ0) is 18.0. The lowest BCUT2D eigenvalue weighted by molar-refractivity contribution is 0.0950. The van der Waals surface area contributed by atoms with Gasteiger partial charge in [-0.1, -0.05) is 12.1 Å². The summed E-state index contributed by atoms with van der Waals surface area (Å²) in [6.07, 6.45) is 3.26. The van der Waals surface area contributed by atoms with Crippen molar-refractivity contribution in [1.29, 1.82) is 0 Å². The van der Waals surface area contributed by atoms with Crippen LogP contribution in [-0.2, 0) is 6.54 Å². The maximum Gasteiger partial charge on any atom is 0.263 e. The Morgan fingerprint density at radius 1 is 1.24 bits per heavy atom. The number of pyridine rings is 1. The lowest BCUT2D eigenvalue weighted by Crippen LogP contribution is -2.34. The molecule has 1 aromatic heterocycles. The van der Waals surface area contributed by atoms with Gasteiger partial charge in [-0.05, 0) is 36.6 Å². The minimum atomic E-state index is -0.570. The summed E-state index contributed by atoms with van der Waals surface area (Å²) in [7, 11) is 1.41. The van der Waals surface area contributed by atoms with Crippen LogP contribution < -0.4 is 16.2 Å². The number of hydrogen-bond acceptors (Lipinski definition) is 3. The van der Waals surface area contributed by atoms with Crippen molar-refractivity contribution in [1.82, 2.24) is 15.2 Å². The summed E-state index contributed by atoms with van der Waals surface area (Å²) in [4.78, 5) is 36.8. The fourth-order valence-electron chi connectivity index (χ4n) is 2.50. The molecule has 1 heterocycles. The van der Waals surface area contributed by atoms with Crippen LogP contribution >= 0.6 is 0 Å². The topological polar surface area (TPSA) is 80.2 Å². The minimum Gasteiger partial charge on any atom is -0.355 e. The average Bonchev–Trinajstić information content (AvgIpc) is 3.40. The zero-order valence-corrected chi connectivity index (χ0v) is 13.7. The number of rotatable bonds is 5. The van der Waals surface area contributed by atoms with Gasteiger partial charge in [0, 0.05) is 19.3 Å². The number of aromatic nitrogens is 1. The van der Waals surface area contributed by atoms with Crippen LogP contribution in [0.5, 0.6) is 0 Å². The summed E-state index contributed by atoms with van der Waals surface area (Å²) in [6, 6.07) is 7.27. The lowest BCUT2D eigenvalue weighted by Gasteiger charge is -2.12. The first-order chi connectivity index (χ1) is 12.0. The van der Waals surface area contributed by atoms with E-state index in [0.717, 1.165) is 12.8 Å². The van der Waals surface area contributed by atoms with E-state index in [1.807, 2.05) is 0 Å². The third-order valence-electron chi connectivity index (χ3n) is 3.97. The van der Waals surface area contributed by atoms with E-state index in [-0.39, 0.29) is 29.6 Å². The smallest absolute Gasteiger partial charge is 0.263 e. The summed E-state index contributed by atoms with van der Waals surface area (Å²) in [6.45, 7) is 0.0607. The first kappa shape index (κ1) is 16.9. The van der Waals surface area contributed by atoms with Crippen LogP contribution in [0.1, 0.15) is 39.1 Å². The molecule has 0 unspecified atom stereocenters. The second kappa shape index (κ2) is 6.88. The number of halogens is 1. The van der Waals surface area contributed by atoms with Crippen molar-refractivity contribution < 1.29 is 14.0 Å². The van der Waals surface area contributed by atoms with Gasteiger partial charge in [-0.3, -0.25) is 14.4 Å². The van der Waals surface area contributed by atoms with Crippen molar-refractivity contribution in [3.8, 4) is 0 Å². The molecule has 1 aromatic carbocycles. The molecule has 0 aliphatic heterocycles. The molecule has 7 heteroatoms. The first-order valence-electron chi connectivity index (χ1n) is 8.00. The van der Waals surface area contributed by atoms with Crippen LogP contribution in [0.3, 0.4) is 0 Å². The Hall–Kier alpha value is -2.96. The maximum atomic E-state index is 13.4. The van der Waals surface area contributed by atoms with Crippen molar-refractivity contribution in [3.05, 3.63) is 69.4 Å². The molecule has 0 radical (unpaired) electrons. The Balaban J connectivity index is 2.00.